The van der Waals surface area contributed by atoms with E-state index in [0.717, 1.165) is 6.54 Å². The maximum Gasteiger partial charge on any atom is 0.307 e. The summed E-state index contributed by atoms with van der Waals surface area (Å²) >= 11 is 0. The molecule has 86 valence electrons. The maximum absolute atomic E-state index is 10.5. The Balaban J connectivity index is 2.09. The molecule has 3 N–H and O–H groups in total. The molecule has 2 heterocycles. The van der Waals surface area contributed by atoms with Gasteiger partial charge in [0.05, 0.1) is 12.5 Å². The normalized spacial score (nSPS) is 24.6. The quantitative estimate of drug-likeness (QED) is 0.661. The van der Waals surface area contributed by atoms with Gasteiger partial charge in [-0.15, -0.1) is 0 Å². The van der Waals surface area contributed by atoms with Gasteiger partial charge in [0.1, 0.15) is 5.82 Å². The minimum Gasteiger partial charge on any atom is -0.481 e. The van der Waals surface area contributed by atoms with Crippen molar-refractivity contribution in [2.24, 2.45) is 5.92 Å². The van der Waals surface area contributed by atoms with Crippen LogP contribution in [0.1, 0.15) is 24.4 Å². The summed E-state index contributed by atoms with van der Waals surface area (Å²) < 4.78 is 0. The summed E-state index contributed by atoms with van der Waals surface area (Å²) in [6, 6.07) is 0.0962. The Hall–Kier alpha value is -1.53. The van der Waals surface area contributed by atoms with Crippen LogP contribution in [0.25, 0.3) is 0 Å². The molecular weight excluding hydrogens is 208 g/mol. The van der Waals surface area contributed by atoms with Crippen LogP contribution in [-0.2, 0) is 11.2 Å². The molecule has 1 aliphatic heterocycles. The number of nitrogens with zero attached hydrogens (tertiary/aromatic N) is 2. The molecule has 1 aromatic heterocycles. The number of nitrogens with one attached hydrogen (secondary N) is 2. The van der Waals surface area contributed by atoms with E-state index in [9.17, 15) is 4.79 Å². The van der Waals surface area contributed by atoms with Gasteiger partial charge in [-0.1, -0.05) is 6.92 Å². The summed E-state index contributed by atoms with van der Waals surface area (Å²) in [5.74, 6) is 0.252. The summed E-state index contributed by atoms with van der Waals surface area (Å²) in [5, 5.41) is 8.61. The molecule has 2 unspecified atom stereocenters. The fourth-order valence-corrected chi connectivity index (χ4v) is 1.70. The molecule has 1 aromatic rings. The Kier molecular flexibility index (Phi) is 3.12. The summed E-state index contributed by atoms with van der Waals surface area (Å²) in [6.45, 7) is 2.98. The molecular formula is C10H14N4O2. The van der Waals surface area contributed by atoms with Crippen LogP contribution in [0.15, 0.2) is 12.4 Å². The average molecular weight is 222 g/mol. The lowest BCUT2D eigenvalue weighted by Crippen LogP contribution is -2.26. The highest BCUT2D eigenvalue weighted by Crippen LogP contribution is 2.20. The number of hydrazine groups is 1. The zero-order chi connectivity index (χ0) is 11.5. The number of aromatic nitrogens is 2. The molecule has 0 aliphatic carbocycles. The predicted octanol–water partition coefficient (Wildman–Crippen LogP) is -0.111. The third kappa shape index (κ3) is 2.34. The minimum absolute atomic E-state index is 0.0355. The lowest BCUT2D eigenvalue weighted by atomic mass is 10.0. The average Bonchev–Trinajstić information content (AvgIpc) is 2.65. The number of aliphatic carboxylic acids is 1. The first-order valence-electron chi connectivity index (χ1n) is 5.18. The van der Waals surface area contributed by atoms with Gasteiger partial charge in [0.2, 0.25) is 0 Å². The van der Waals surface area contributed by atoms with Gasteiger partial charge in [0, 0.05) is 18.9 Å². The van der Waals surface area contributed by atoms with Crippen molar-refractivity contribution in [1.82, 2.24) is 20.8 Å². The van der Waals surface area contributed by atoms with Crippen LogP contribution < -0.4 is 10.9 Å². The molecule has 1 saturated heterocycles. The van der Waals surface area contributed by atoms with E-state index in [1.165, 1.54) is 0 Å². The molecule has 0 radical (unpaired) electrons. The van der Waals surface area contributed by atoms with E-state index in [0.29, 0.717) is 17.3 Å². The van der Waals surface area contributed by atoms with Gasteiger partial charge in [-0.3, -0.25) is 10.2 Å². The Morgan fingerprint density at radius 2 is 2.25 bits per heavy atom. The van der Waals surface area contributed by atoms with Crippen LogP contribution in [0.2, 0.25) is 0 Å². The van der Waals surface area contributed by atoms with E-state index in [1.54, 1.807) is 12.4 Å². The lowest BCUT2D eigenvalue weighted by molar-refractivity contribution is -0.136. The molecule has 0 amide bonds. The first-order valence-corrected chi connectivity index (χ1v) is 5.18. The first-order chi connectivity index (χ1) is 7.66. The molecule has 16 heavy (non-hydrogen) atoms. The fourth-order valence-electron chi connectivity index (χ4n) is 1.70. The van der Waals surface area contributed by atoms with E-state index in [2.05, 4.69) is 27.7 Å². The van der Waals surface area contributed by atoms with Crippen molar-refractivity contribution in [3.63, 3.8) is 0 Å². The number of carboxylic acid groups (broad SMARTS) is 1. The zero-order valence-electron chi connectivity index (χ0n) is 8.97. The predicted molar refractivity (Wildman–Crippen MR) is 56.4 cm³/mol. The zero-order valence-corrected chi connectivity index (χ0v) is 8.97. The van der Waals surface area contributed by atoms with Crippen molar-refractivity contribution in [3.05, 3.63) is 23.8 Å². The van der Waals surface area contributed by atoms with Gasteiger partial charge < -0.3 is 5.11 Å². The SMILES string of the molecule is CC1CNNC1c1ncc(CC(=O)O)cn1. The van der Waals surface area contributed by atoms with E-state index < -0.39 is 5.97 Å². The molecule has 1 aliphatic rings. The van der Waals surface area contributed by atoms with E-state index in [-0.39, 0.29) is 12.5 Å². The molecule has 2 rings (SSSR count). The monoisotopic (exact) mass is 222 g/mol. The van der Waals surface area contributed by atoms with Crippen LogP contribution in [-0.4, -0.2) is 27.6 Å². The van der Waals surface area contributed by atoms with Crippen molar-refractivity contribution in [2.75, 3.05) is 6.54 Å². The highest BCUT2D eigenvalue weighted by molar-refractivity contribution is 5.69. The van der Waals surface area contributed by atoms with Crippen LogP contribution in [0, 0.1) is 5.92 Å². The Labute approximate surface area is 93.1 Å². The second-order valence-corrected chi connectivity index (χ2v) is 4.00. The highest BCUT2D eigenvalue weighted by atomic mass is 16.4. The van der Waals surface area contributed by atoms with Crippen LogP contribution in [0.3, 0.4) is 0 Å². The second kappa shape index (κ2) is 4.54. The third-order valence-electron chi connectivity index (χ3n) is 2.61. The van der Waals surface area contributed by atoms with Crippen molar-refractivity contribution in [2.45, 2.75) is 19.4 Å². The number of hydrogen-bond donors (Lipinski definition) is 3. The van der Waals surface area contributed by atoms with E-state index in [4.69, 9.17) is 5.11 Å². The molecule has 0 bridgehead atoms. The molecule has 0 aromatic carbocycles. The van der Waals surface area contributed by atoms with Gasteiger partial charge in [-0.2, -0.15) is 0 Å². The van der Waals surface area contributed by atoms with Crippen molar-refractivity contribution in [3.8, 4) is 0 Å². The van der Waals surface area contributed by atoms with Crippen LogP contribution >= 0.6 is 0 Å². The highest BCUT2D eigenvalue weighted by Gasteiger charge is 2.26. The van der Waals surface area contributed by atoms with Gasteiger partial charge >= 0.3 is 5.97 Å². The topological polar surface area (TPSA) is 87.1 Å². The molecule has 6 heteroatoms. The standard InChI is InChI=1S/C10H14N4O2/c1-6-3-13-14-9(6)10-11-4-7(5-12-10)2-8(15)16/h4-6,9,13-14H,2-3H2,1H3,(H,15,16). The summed E-state index contributed by atoms with van der Waals surface area (Å²) in [5.41, 5.74) is 6.76. The Morgan fingerprint density at radius 1 is 1.56 bits per heavy atom. The largest absolute Gasteiger partial charge is 0.481 e. The number of hydrogen-bond acceptors (Lipinski definition) is 5. The van der Waals surface area contributed by atoms with Gasteiger partial charge in [-0.25, -0.2) is 15.4 Å². The number of carbonyl (C=O) groups is 1. The van der Waals surface area contributed by atoms with Crippen molar-refractivity contribution >= 4 is 5.97 Å². The smallest absolute Gasteiger partial charge is 0.307 e. The Morgan fingerprint density at radius 3 is 2.75 bits per heavy atom. The van der Waals surface area contributed by atoms with Gasteiger partial charge in [0.15, 0.2) is 0 Å². The summed E-state index contributed by atoms with van der Waals surface area (Å²) in [4.78, 5) is 18.9. The van der Waals surface area contributed by atoms with Gasteiger partial charge in [-0.05, 0) is 11.5 Å². The van der Waals surface area contributed by atoms with Crippen LogP contribution in [0.5, 0.6) is 0 Å². The van der Waals surface area contributed by atoms with Crippen molar-refractivity contribution < 1.29 is 9.90 Å². The van der Waals surface area contributed by atoms with E-state index >= 15 is 0 Å². The van der Waals surface area contributed by atoms with Gasteiger partial charge in [0.25, 0.3) is 0 Å². The maximum atomic E-state index is 10.5. The summed E-state index contributed by atoms with van der Waals surface area (Å²) in [7, 11) is 0. The van der Waals surface area contributed by atoms with Crippen LogP contribution in [0.4, 0.5) is 0 Å². The second-order valence-electron chi connectivity index (χ2n) is 4.00. The molecule has 6 nitrogen and oxygen atoms in total. The molecule has 0 spiro atoms. The molecule has 2 atom stereocenters. The number of carboxylic acids is 1. The first kappa shape index (κ1) is 11.0. The Bertz CT molecular complexity index is 379. The molecule has 1 fully saturated rings. The van der Waals surface area contributed by atoms with E-state index in [1.807, 2.05) is 0 Å². The fraction of sp³-hybridized carbons (Fsp3) is 0.500. The lowest BCUT2D eigenvalue weighted by Gasteiger charge is -2.12. The van der Waals surface area contributed by atoms with Crippen molar-refractivity contribution in [1.29, 1.82) is 0 Å². The summed E-state index contributed by atoms with van der Waals surface area (Å²) in [6.07, 6.45) is 3.11. The molecule has 0 saturated carbocycles. The third-order valence-corrected chi connectivity index (χ3v) is 2.61. The number of rotatable bonds is 3. The minimum atomic E-state index is -0.870.